The number of hydrazine groups is 2. The number of likely N-dealkylation sites (N-methyl/N-ethyl adjacent to an activating group) is 2. The molecule has 59 heavy (non-hydrogen) atoms. The quantitative estimate of drug-likeness (QED) is 0.172. The number of hydrogen-bond donors (Lipinski definition) is 3. The van der Waals surface area contributed by atoms with Crippen LogP contribution < -0.4 is 21.7 Å². The van der Waals surface area contributed by atoms with Crippen LogP contribution in [0.4, 0.5) is 18.4 Å². The van der Waals surface area contributed by atoms with E-state index in [9.17, 15) is 37.5 Å². The van der Waals surface area contributed by atoms with E-state index in [1.54, 1.807) is 7.05 Å². The average molecular weight is 809 g/mol. The molecule has 0 aliphatic carbocycles. The van der Waals surface area contributed by atoms with Crippen molar-refractivity contribution in [2.45, 2.75) is 38.4 Å². The Bertz CT molecular complexity index is 2430. The lowest BCUT2D eigenvalue weighted by Gasteiger charge is -2.54. The van der Waals surface area contributed by atoms with Crippen molar-refractivity contribution < 1.29 is 32.8 Å². The van der Waals surface area contributed by atoms with Crippen molar-refractivity contribution in [3.63, 3.8) is 0 Å². The van der Waals surface area contributed by atoms with Crippen molar-refractivity contribution >= 4 is 40.8 Å². The van der Waals surface area contributed by atoms with E-state index in [-0.39, 0.29) is 43.8 Å². The third-order valence-corrected chi connectivity index (χ3v) is 10.2. The summed E-state index contributed by atoms with van der Waals surface area (Å²) in [6.07, 6.45) is -1.05. The van der Waals surface area contributed by atoms with E-state index in [1.165, 1.54) is 62.2 Å². The molecule has 0 saturated carbocycles. The summed E-state index contributed by atoms with van der Waals surface area (Å²) in [6, 6.07) is 24.8. The fourth-order valence-corrected chi connectivity index (χ4v) is 7.42. The lowest BCUT2D eigenvalue weighted by atomic mass is 10.0. The fraction of sp³-hybridized carbons (Fsp3) is 0.268. The van der Waals surface area contributed by atoms with Gasteiger partial charge in [0.25, 0.3) is 5.91 Å². The maximum absolute atomic E-state index is 14.8. The summed E-state index contributed by atoms with van der Waals surface area (Å²) in [5.74, 6) is -3.11. The van der Waals surface area contributed by atoms with Gasteiger partial charge in [-0.25, -0.2) is 42.8 Å². The summed E-state index contributed by atoms with van der Waals surface area (Å²) in [4.78, 5) is 85.8. The number of urea groups is 2. The monoisotopic (exact) mass is 808 g/mol. The number of aromatic nitrogens is 2. The molecule has 6 amide bonds. The third-order valence-electron chi connectivity index (χ3n) is 10.2. The molecule has 0 spiro atoms. The lowest BCUT2D eigenvalue weighted by molar-refractivity contribution is -0.188. The Morgan fingerprint density at radius 2 is 1.41 bits per heavy atom. The minimum Gasteiger partial charge on any atom is -0.333 e. The first kappa shape index (κ1) is 40.3. The molecule has 306 valence electrons. The third kappa shape index (κ3) is 8.82. The number of benzene rings is 4. The van der Waals surface area contributed by atoms with E-state index in [2.05, 4.69) is 16.1 Å². The van der Waals surface area contributed by atoms with Crippen molar-refractivity contribution in [2.24, 2.45) is 0 Å². The first-order valence-electron chi connectivity index (χ1n) is 18.8. The van der Waals surface area contributed by atoms with Crippen LogP contribution >= 0.6 is 0 Å². The van der Waals surface area contributed by atoms with E-state index >= 15 is 0 Å². The van der Waals surface area contributed by atoms with Crippen LogP contribution in [0.2, 0.25) is 0 Å². The van der Waals surface area contributed by atoms with Crippen molar-refractivity contribution in [2.75, 3.05) is 33.7 Å². The van der Waals surface area contributed by atoms with Gasteiger partial charge in [-0.3, -0.25) is 24.4 Å². The number of carbonyl (C=O) groups excluding carboxylic acids is 5. The molecule has 3 N–H and O–H groups in total. The largest absolute Gasteiger partial charge is 0.336 e. The summed E-state index contributed by atoms with van der Waals surface area (Å²) in [6.45, 7) is -1.01. The van der Waals surface area contributed by atoms with Gasteiger partial charge < -0.3 is 20.4 Å². The van der Waals surface area contributed by atoms with Gasteiger partial charge in [0.1, 0.15) is 23.8 Å². The smallest absolute Gasteiger partial charge is 0.333 e. The van der Waals surface area contributed by atoms with Crippen LogP contribution in [0.15, 0.2) is 108 Å². The molecule has 4 aromatic carbocycles. The zero-order valence-electron chi connectivity index (χ0n) is 32.3. The Morgan fingerprint density at radius 3 is 2.07 bits per heavy atom. The highest BCUT2D eigenvalue weighted by Gasteiger charge is 2.51. The average Bonchev–Trinajstić information content (AvgIpc) is 3.48. The second-order valence-electron chi connectivity index (χ2n) is 14.3. The topological polar surface area (TPSA) is 165 Å². The van der Waals surface area contributed by atoms with Crippen molar-refractivity contribution in [3.8, 4) is 0 Å². The van der Waals surface area contributed by atoms with Crippen molar-refractivity contribution in [1.29, 1.82) is 0 Å². The van der Waals surface area contributed by atoms with Gasteiger partial charge in [-0.05, 0) is 41.0 Å². The zero-order valence-corrected chi connectivity index (χ0v) is 32.3. The first-order valence-corrected chi connectivity index (χ1v) is 18.8. The van der Waals surface area contributed by atoms with Crippen molar-refractivity contribution in [1.82, 2.24) is 50.0 Å². The lowest BCUT2D eigenvalue weighted by Crippen LogP contribution is -2.76. The molecule has 2 fully saturated rings. The number of amides is 6. The Morgan fingerprint density at radius 1 is 0.780 bits per heavy atom. The maximum atomic E-state index is 14.8. The van der Waals surface area contributed by atoms with Gasteiger partial charge in [-0.1, -0.05) is 72.8 Å². The second kappa shape index (κ2) is 17.3. The maximum Gasteiger partial charge on any atom is 0.336 e. The number of imidazole rings is 1. The van der Waals surface area contributed by atoms with E-state index in [0.717, 1.165) is 32.4 Å². The molecular formula is C41H42F2N10O6. The number of nitrogens with one attached hydrogen (secondary N) is 3. The Balaban J connectivity index is 1.19. The molecule has 1 aromatic heterocycles. The summed E-state index contributed by atoms with van der Waals surface area (Å²) < 4.78 is 30.5. The van der Waals surface area contributed by atoms with Crippen LogP contribution in [0.3, 0.4) is 0 Å². The summed E-state index contributed by atoms with van der Waals surface area (Å²) in [7, 11) is 2.99. The predicted octanol–water partition coefficient (Wildman–Crippen LogP) is 2.71. The number of hydrogen-bond acceptors (Lipinski definition) is 8. The first-order chi connectivity index (χ1) is 28.4. The van der Waals surface area contributed by atoms with Crippen LogP contribution in [-0.4, -0.2) is 110 Å². The normalized spacial score (nSPS) is 17.0. The SMILES string of the molecule is CN(CC(=O)n1c(=O)n(C[C@H]2C(=O)N(Cc3ccc(F)cc3)C[C@H]3N2C(=O)CN(C)N3C(=O)NCc2ccccc2)c2ccc(F)cc21)NC(=O)NCc1ccccc1. The standard InChI is InChI=1S/C41H42F2N10O6/c1-47(46-39(57)44-20-27-9-5-3-6-10-27)25-36(54)52-33-19-31(43)17-18-32(33)50(41(52)59)23-34-38(56)49(22-29-13-15-30(42)16-14-29)24-35-51(34)37(55)26-48(2)53(35)40(58)45-21-28-11-7-4-8-12-28/h3-19,34-35H,20-26H2,1-2H3,(H,45,58)(H2,44,46,57)/t34-,35-/m0/s1. The zero-order chi connectivity index (χ0) is 41.8. The molecule has 2 aliphatic rings. The molecule has 18 heteroatoms. The number of rotatable bonds is 11. The molecule has 2 saturated heterocycles. The second-order valence-corrected chi connectivity index (χ2v) is 14.3. The van der Waals surface area contributed by atoms with Crippen LogP contribution in [0, 0.1) is 11.6 Å². The van der Waals surface area contributed by atoms with Gasteiger partial charge in [-0.2, -0.15) is 0 Å². The van der Waals surface area contributed by atoms with Gasteiger partial charge in [0, 0.05) is 39.8 Å². The van der Waals surface area contributed by atoms with Crippen LogP contribution in [-0.2, 0) is 35.8 Å². The van der Waals surface area contributed by atoms with Crippen molar-refractivity contribution in [3.05, 3.63) is 142 Å². The molecule has 2 atom stereocenters. The highest BCUT2D eigenvalue weighted by Crippen LogP contribution is 2.29. The summed E-state index contributed by atoms with van der Waals surface area (Å²) >= 11 is 0. The molecule has 2 aliphatic heterocycles. The highest BCUT2D eigenvalue weighted by atomic mass is 19.1. The van der Waals surface area contributed by atoms with Gasteiger partial charge in [0.2, 0.25) is 11.8 Å². The Kier molecular flexibility index (Phi) is 11.8. The molecule has 0 bridgehead atoms. The van der Waals surface area contributed by atoms with Crippen LogP contribution in [0.5, 0.6) is 0 Å². The van der Waals surface area contributed by atoms with Gasteiger partial charge in [0.05, 0.1) is 37.2 Å². The van der Waals surface area contributed by atoms with Crippen LogP contribution in [0.1, 0.15) is 21.5 Å². The fourth-order valence-electron chi connectivity index (χ4n) is 7.42. The molecule has 0 unspecified atom stereocenters. The molecule has 0 radical (unpaired) electrons. The van der Waals surface area contributed by atoms with E-state index in [1.807, 2.05) is 60.7 Å². The van der Waals surface area contributed by atoms with E-state index < -0.39 is 72.4 Å². The number of piperazine rings is 1. The van der Waals surface area contributed by atoms with E-state index in [0.29, 0.717) is 5.56 Å². The highest BCUT2D eigenvalue weighted by molar-refractivity contribution is 5.93. The molecule has 5 aromatic rings. The van der Waals surface area contributed by atoms with Gasteiger partial charge in [-0.15, -0.1) is 0 Å². The number of nitrogens with zero attached hydrogens (tertiary/aromatic N) is 7. The van der Waals surface area contributed by atoms with Gasteiger partial charge >= 0.3 is 17.8 Å². The minimum absolute atomic E-state index is 0.0179. The predicted molar refractivity (Wildman–Crippen MR) is 211 cm³/mol. The summed E-state index contributed by atoms with van der Waals surface area (Å²) in [5, 5.41) is 9.54. The molecule has 7 rings (SSSR count). The Labute approximate surface area is 337 Å². The number of carbonyl (C=O) groups is 5. The molecular weight excluding hydrogens is 767 g/mol. The minimum atomic E-state index is -1.38. The molecule has 3 heterocycles. The van der Waals surface area contributed by atoms with E-state index in [4.69, 9.17) is 0 Å². The van der Waals surface area contributed by atoms with Crippen LogP contribution in [0.25, 0.3) is 11.0 Å². The Hall–Kier alpha value is -6.92. The van der Waals surface area contributed by atoms with Gasteiger partial charge in [0.15, 0.2) is 0 Å². The summed E-state index contributed by atoms with van der Waals surface area (Å²) in [5.41, 5.74) is 3.85. The molecule has 16 nitrogen and oxygen atoms in total. The number of fused-ring (bicyclic) bond motifs is 2. The number of halogens is 2.